The first-order valence-corrected chi connectivity index (χ1v) is 7.66. The minimum Gasteiger partial charge on any atom is -0.482 e. The summed E-state index contributed by atoms with van der Waals surface area (Å²) >= 11 is 0. The summed E-state index contributed by atoms with van der Waals surface area (Å²) in [7, 11) is 0. The molecule has 2 heterocycles. The molecule has 0 aliphatic carbocycles. The van der Waals surface area contributed by atoms with Gasteiger partial charge in [0.2, 0.25) is 11.8 Å². The van der Waals surface area contributed by atoms with E-state index < -0.39 is 0 Å². The summed E-state index contributed by atoms with van der Waals surface area (Å²) in [6, 6.07) is 6.89. The average molecular weight is 330 g/mol. The van der Waals surface area contributed by atoms with E-state index in [2.05, 4.69) is 15.5 Å². The molecule has 0 saturated carbocycles. The molecule has 24 heavy (non-hydrogen) atoms. The Bertz CT molecular complexity index is 758. The zero-order valence-corrected chi connectivity index (χ0v) is 13.5. The molecule has 0 bridgehead atoms. The normalized spacial score (nSPS) is 14.8. The van der Waals surface area contributed by atoms with Crippen molar-refractivity contribution < 1.29 is 18.8 Å². The molecule has 8 heteroatoms. The molecule has 1 aliphatic rings. The van der Waals surface area contributed by atoms with Crippen LogP contribution in [0.15, 0.2) is 28.8 Å². The van der Waals surface area contributed by atoms with E-state index in [-0.39, 0.29) is 37.4 Å². The zero-order valence-electron chi connectivity index (χ0n) is 13.5. The Morgan fingerprint density at radius 3 is 2.96 bits per heavy atom. The van der Waals surface area contributed by atoms with Gasteiger partial charge in [-0.15, -0.1) is 0 Å². The summed E-state index contributed by atoms with van der Waals surface area (Å²) in [4.78, 5) is 29.8. The van der Waals surface area contributed by atoms with Crippen molar-refractivity contribution in [1.82, 2.24) is 15.5 Å². The molecule has 0 fully saturated rings. The maximum Gasteiger partial charge on any atom is 0.265 e. The van der Waals surface area contributed by atoms with Crippen LogP contribution in [0.3, 0.4) is 0 Å². The van der Waals surface area contributed by atoms with Crippen LogP contribution in [0, 0.1) is 6.92 Å². The van der Waals surface area contributed by atoms with Crippen molar-refractivity contribution in [2.75, 3.05) is 18.1 Å². The minimum absolute atomic E-state index is 0.0176. The average Bonchev–Trinajstić information content (AvgIpc) is 3.00. The Morgan fingerprint density at radius 1 is 1.42 bits per heavy atom. The Labute approximate surface area is 138 Å². The van der Waals surface area contributed by atoms with Crippen molar-refractivity contribution in [2.45, 2.75) is 26.3 Å². The fourth-order valence-electron chi connectivity index (χ4n) is 2.48. The minimum atomic E-state index is -0.383. The van der Waals surface area contributed by atoms with E-state index in [0.717, 1.165) is 0 Å². The van der Waals surface area contributed by atoms with E-state index in [0.29, 0.717) is 23.2 Å². The van der Waals surface area contributed by atoms with E-state index >= 15 is 0 Å². The van der Waals surface area contributed by atoms with E-state index in [4.69, 9.17) is 9.26 Å². The number of benzene rings is 1. The van der Waals surface area contributed by atoms with Gasteiger partial charge in [0.15, 0.2) is 12.4 Å². The molecule has 0 saturated heterocycles. The predicted octanol–water partition coefficient (Wildman–Crippen LogP) is 1.37. The third-order valence-electron chi connectivity index (χ3n) is 3.66. The number of ether oxygens (including phenoxy) is 1. The SMILES string of the molecule is Cc1noc(C(C)NC(=O)CCN2C(=O)COc3ccccc32)n1. The van der Waals surface area contributed by atoms with Gasteiger partial charge in [-0.25, -0.2) is 0 Å². The summed E-state index contributed by atoms with van der Waals surface area (Å²) < 4.78 is 10.4. The van der Waals surface area contributed by atoms with Crippen LogP contribution in [0.25, 0.3) is 0 Å². The van der Waals surface area contributed by atoms with E-state index in [9.17, 15) is 9.59 Å². The quantitative estimate of drug-likeness (QED) is 0.889. The van der Waals surface area contributed by atoms with Gasteiger partial charge in [0, 0.05) is 13.0 Å². The maximum absolute atomic E-state index is 12.1. The second kappa shape index (κ2) is 6.69. The third kappa shape index (κ3) is 3.37. The highest BCUT2D eigenvalue weighted by atomic mass is 16.5. The topological polar surface area (TPSA) is 97.6 Å². The summed E-state index contributed by atoms with van der Waals surface area (Å²) in [5.41, 5.74) is 0.683. The number of hydrogen-bond acceptors (Lipinski definition) is 6. The van der Waals surface area contributed by atoms with Gasteiger partial charge < -0.3 is 19.5 Å². The number of hydrogen-bond donors (Lipinski definition) is 1. The summed E-state index contributed by atoms with van der Waals surface area (Å²) in [6.45, 7) is 3.74. The number of amides is 2. The van der Waals surface area contributed by atoms with Crippen LogP contribution in [0.4, 0.5) is 5.69 Å². The molecular weight excluding hydrogens is 312 g/mol. The Balaban J connectivity index is 1.59. The number of rotatable bonds is 5. The lowest BCUT2D eigenvalue weighted by molar-refractivity contribution is -0.122. The molecule has 1 unspecified atom stereocenters. The fraction of sp³-hybridized carbons (Fsp3) is 0.375. The predicted molar refractivity (Wildman–Crippen MR) is 84.5 cm³/mol. The van der Waals surface area contributed by atoms with Gasteiger partial charge in [-0.1, -0.05) is 17.3 Å². The van der Waals surface area contributed by atoms with Crippen molar-refractivity contribution in [3.8, 4) is 5.75 Å². The second-order valence-electron chi connectivity index (χ2n) is 5.52. The van der Waals surface area contributed by atoms with E-state index in [1.807, 2.05) is 12.1 Å². The molecule has 2 aromatic rings. The molecule has 126 valence electrons. The van der Waals surface area contributed by atoms with Crippen molar-refractivity contribution in [2.24, 2.45) is 0 Å². The number of anilines is 1. The Hall–Kier alpha value is -2.90. The standard InChI is InChI=1S/C16H18N4O4/c1-10(16-18-11(2)19-24-16)17-14(21)7-8-20-12-5-3-4-6-13(12)23-9-15(20)22/h3-6,10H,7-9H2,1-2H3,(H,17,21). The monoisotopic (exact) mass is 330 g/mol. The molecule has 0 spiro atoms. The van der Waals surface area contributed by atoms with Gasteiger partial charge in [0.05, 0.1) is 5.69 Å². The highest BCUT2D eigenvalue weighted by molar-refractivity contribution is 5.98. The van der Waals surface area contributed by atoms with Gasteiger partial charge >= 0.3 is 0 Å². The Kier molecular flexibility index (Phi) is 4.45. The van der Waals surface area contributed by atoms with E-state index in [1.54, 1.807) is 30.9 Å². The smallest absolute Gasteiger partial charge is 0.265 e. The number of para-hydroxylation sites is 2. The van der Waals surface area contributed by atoms with Crippen molar-refractivity contribution in [1.29, 1.82) is 0 Å². The first-order valence-electron chi connectivity index (χ1n) is 7.66. The van der Waals surface area contributed by atoms with Crippen LogP contribution in [0.1, 0.15) is 31.1 Å². The number of aryl methyl sites for hydroxylation is 1. The molecule has 1 N–H and O–H groups in total. The molecule has 1 atom stereocenters. The molecule has 2 amide bonds. The maximum atomic E-state index is 12.1. The van der Waals surface area contributed by atoms with Gasteiger partial charge in [0.25, 0.3) is 5.91 Å². The lowest BCUT2D eigenvalue weighted by Gasteiger charge is -2.29. The van der Waals surface area contributed by atoms with Gasteiger partial charge in [-0.3, -0.25) is 9.59 Å². The van der Waals surface area contributed by atoms with Gasteiger partial charge in [0.1, 0.15) is 11.8 Å². The molecule has 0 radical (unpaired) electrons. The number of fused-ring (bicyclic) bond motifs is 1. The molecule has 1 aliphatic heterocycles. The molecule has 3 rings (SSSR count). The highest BCUT2D eigenvalue weighted by Crippen LogP contribution is 2.31. The molecule has 8 nitrogen and oxygen atoms in total. The van der Waals surface area contributed by atoms with Gasteiger partial charge in [-0.05, 0) is 26.0 Å². The number of nitrogens with zero attached hydrogens (tertiary/aromatic N) is 3. The third-order valence-corrected chi connectivity index (χ3v) is 3.66. The summed E-state index contributed by atoms with van der Waals surface area (Å²) in [5.74, 6) is 1.15. The second-order valence-corrected chi connectivity index (χ2v) is 5.52. The zero-order chi connectivity index (χ0) is 17.1. The Morgan fingerprint density at radius 2 is 2.21 bits per heavy atom. The lowest BCUT2D eigenvalue weighted by atomic mass is 10.2. The van der Waals surface area contributed by atoms with Crippen LogP contribution in [0.5, 0.6) is 5.75 Å². The first kappa shape index (κ1) is 16.0. The summed E-state index contributed by atoms with van der Waals surface area (Å²) in [6.07, 6.45) is 0.164. The number of aromatic nitrogens is 2. The van der Waals surface area contributed by atoms with Crippen LogP contribution < -0.4 is 15.0 Å². The van der Waals surface area contributed by atoms with Crippen molar-refractivity contribution in [3.05, 3.63) is 36.0 Å². The first-order chi connectivity index (χ1) is 11.5. The van der Waals surface area contributed by atoms with Crippen LogP contribution >= 0.6 is 0 Å². The highest BCUT2D eigenvalue weighted by Gasteiger charge is 2.25. The molecule has 1 aromatic heterocycles. The van der Waals surface area contributed by atoms with Crippen LogP contribution in [0.2, 0.25) is 0 Å². The van der Waals surface area contributed by atoms with Gasteiger partial charge in [-0.2, -0.15) is 4.98 Å². The summed E-state index contributed by atoms with van der Waals surface area (Å²) in [5, 5.41) is 6.48. The molecular formula is C16H18N4O4. The van der Waals surface area contributed by atoms with Crippen molar-refractivity contribution in [3.63, 3.8) is 0 Å². The van der Waals surface area contributed by atoms with Crippen LogP contribution in [-0.2, 0) is 9.59 Å². The lowest BCUT2D eigenvalue weighted by Crippen LogP contribution is -2.41. The molecule has 1 aromatic carbocycles. The largest absolute Gasteiger partial charge is 0.482 e. The fourth-order valence-corrected chi connectivity index (χ4v) is 2.48. The number of carbonyl (C=O) groups is 2. The van der Waals surface area contributed by atoms with E-state index in [1.165, 1.54) is 0 Å². The van der Waals surface area contributed by atoms with Crippen molar-refractivity contribution >= 4 is 17.5 Å². The number of carbonyl (C=O) groups excluding carboxylic acids is 2. The number of nitrogens with one attached hydrogen (secondary N) is 1. The van der Waals surface area contributed by atoms with Crippen LogP contribution in [-0.4, -0.2) is 35.1 Å².